The van der Waals surface area contributed by atoms with Gasteiger partial charge >= 0.3 is 6.18 Å². The minimum Gasteiger partial charge on any atom is -0.357 e. The van der Waals surface area contributed by atoms with E-state index in [1.165, 1.54) is 7.05 Å². The van der Waals surface area contributed by atoms with Crippen LogP contribution >= 0.6 is 11.6 Å². The average molecular weight is 288 g/mol. The maximum absolute atomic E-state index is 12.7. The maximum Gasteiger partial charge on any atom is 0.433 e. The van der Waals surface area contributed by atoms with Gasteiger partial charge in [-0.3, -0.25) is 0 Å². The molecule has 0 atom stereocenters. The van der Waals surface area contributed by atoms with Crippen LogP contribution in [-0.4, -0.2) is 17.0 Å². The van der Waals surface area contributed by atoms with Crippen molar-refractivity contribution in [3.63, 3.8) is 0 Å². The summed E-state index contributed by atoms with van der Waals surface area (Å²) in [6.07, 6.45) is -4.54. The summed E-state index contributed by atoms with van der Waals surface area (Å²) in [5.74, 6) is -0.107. The number of halogens is 4. The molecule has 0 aliphatic rings. The minimum atomic E-state index is -4.54. The molecule has 0 radical (unpaired) electrons. The fraction of sp³-hybridized carbons (Fsp3) is 0.167. The molecule has 0 aliphatic heterocycles. The van der Waals surface area contributed by atoms with Crippen LogP contribution in [0, 0.1) is 0 Å². The van der Waals surface area contributed by atoms with Crippen LogP contribution in [0.5, 0.6) is 0 Å². The molecule has 3 nitrogen and oxygen atoms in total. The first-order valence-corrected chi connectivity index (χ1v) is 5.68. The Labute approximate surface area is 112 Å². The van der Waals surface area contributed by atoms with Crippen LogP contribution in [0.2, 0.25) is 5.02 Å². The predicted octanol–water partition coefficient (Wildman–Crippen LogP) is 3.86. The monoisotopic (exact) mass is 287 g/mol. The van der Waals surface area contributed by atoms with Crippen LogP contribution in [0.1, 0.15) is 5.69 Å². The lowest BCUT2D eigenvalue weighted by Crippen LogP contribution is -2.11. The van der Waals surface area contributed by atoms with Crippen LogP contribution in [0.4, 0.5) is 19.1 Å². The van der Waals surface area contributed by atoms with Crippen molar-refractivity contribution in [2.75, 3.05) is 12.4 Å². The van der Waals surface area contributed by atoms with Crippen LogP contribution in [-0.2, 0) is 6.18 Å². The molecule has 0 saturated heterocycles. The summed E-state index contributed by atoms with van der Waals surface area (Å²) in [6, 6.07) is 7.43. The molecule has 19 heavy (non-hydrogen) atoms. The smallest absolute Gasteiger partial charge is 0.357 e. The van der Waals surface area contributed by atoms with E-state index in [1.807, 2.05) is 0 Å². The Balaban J connectivity index is 2.61. The van der Waals surface area contributed by atoms with Crippen molar-refractivity contribution in [1.29, 1.82) is 0 Å². The number of rotatable bonds is 2. The number of hydrogen-bond donors (Lipinski definition) is 1. The maximum atomic E-state index is 12.7. The van der Waals surface area contributed by atoms with Gasteiger partial charge in [0.25, 0.3) is 0 Å². The van der Waals surface area contributed by atoms with Crippen LogP contribution < -0.4 is 5.32 Å². The normalized spacial score (nSPS) is 11.4. The first kappa shape index (κ1) is 13.6. The SMILES string of the molecule is CNc1nc(-c2ccccc2Cl)cc(C(F)(F)F)n1. The van der Waals surface area contributed by atoms with Gasteiger partial charge in [0.05, 0.1) is 5.69 Å². The van der Waals surface area contributed by atoms with Crippen LogP contribution in [0.25, 0.3) is 11.3 Å². The highest BCUT2D eigenvalue weighted by molar-refractivity contribution is 6.33. The van der Waals surface area contributed by atoms with Gasteiger partial charge in [-0.05, 0) is 12.1 Å². The van der Waals surface area contributed by atoms with E-state index >= 15 is 0 Å². The molecule has 2 aromatic rings. The van der Waals surface area contributed by atoms with Crippen molar-refractivity contribution in [2.24, 2.45) is 0 Å². The number of hydrogen-bond acceptors (Lipinski definition) is 3. The second-order valence-electron chi connectivity index (χ2n) is 3.69. The highest BCUT2D eigenvalue weighted by atomic mass is 35.5. The van der Waals surface area contributed by atoms with E-state index in [1.54, 1.807) is 24.3 Å². The molecule has 0 aliphatic carbocycles. The van der Waals surface area contributed by atoms with E-state index in [-0.39, 0.29) is 11.6 Å². The van der Waals surface area contributed by atoms with Gasteiger partial charge in [0.1, 0.15) is 0 Å². The van der Waals surface area contributed by atoms with Gasteiger partial charge in [0.2, 0.25) is 5.95 Å². The molecule has 0 saturated carbocycles. The molecule has 1 N–H and O–H groups in total. The van der Waals surface area contributed by atoms with E-state index in [0.717, 1.165) is 6.07 Å². The van der Waals surface area contributed by atoms with Gasteiger partial charge in [0, 0.05) is 17.6 Å². The third-order valence-electron chi connectivity index (χ3n) is 2.39. The van der Waals surface area contributed by atoms with Crippen molar-refractivity contribution in [3.8, 4) is 11.3 Å². The van der Waals surface area contributed by atoms with Crippen molar-refractivity contribution in [3.05, 3.63) is 41.0 Å². The zero-order valence-electron chi connectivity index (χ0n) is 9.79. The minimum absolute atomic E-state index is 0.107. The molecule has 1 aromatic carbocycles. The molecule has 2 rings (SSSR count). The second kappa shape index (κ2) is 5.05. The Hall–Kier alpha value is -1.82. The Morgan fingerprint density at radius 2 is 1.84 bits per heavy atom. The van der Waals surface area contributed by atoms with Crippen molar-refractivity contribution >= 4 is 17.5 Å². The van der Waals surface area contributed by atoms with Gasteiger partial charge in [0.15, 0.2) is 5.69 Å². The molecular formula is C12H9ClF3N3. The third kappa shape index (κ3) is 2.96. The molecular weight excluding hydrogens is 279 g/mol. The van der Waals surface area contributed by atoms with E-state index in [4.69, 9.17) is 11.6 Å². The Morgan fingerprint density at radius 1 is 1.16 bits per heavy atom. The zero-order chi connectivity index (χ0) is 14.0. The van der Waals surface area contributed by atoms with Crippen molar-refractivity contribution in [2.45, 2.75) is 6.18 Å². The predicted molar refractivity (Wildman–Crippen MR) is 67.0 cm³/mol. The fourth-order valence-corrected chi connectivity index (χ4v) is 1.74. The van der Waals surface area contributed by atoms with Crippen molar-refractivity contribution in [1.82, 2.24) is 9.97 Å². The van der Waals surface area contributed by atoms with Gasteiger partial charge in [-0.25, -0.2) is 9.97 Å². The summed E-state index contributed by atoms with van der Waals surface area (Å²) in [5, 5.41) is 2.83. The summed E-state index contributed by atoms with van der Waals surface area (Å²) in [6.45, 7) is 0. The second-order valence-corrected chi connectivity index (χ2v) is 4.10. The van der Waals surface area contributed by atoms with E-state index in [9.17, 15) is 13.2 Å². The number of aromatic nitrogens is 2. The molecule has 0 amide bonds. The quantitative estimate of drug-likeness (QED) is 0.911. The number of nitrogens with one attached hydrogen (secondary N) is 1. The van der Waals surface area contributed by atoms with E-state index in [0.29, 0.717) is 10.6 Å². The fourth-order valence-electron chi connectivity index (χ4n) is 1.51. The van der Waals surface area contributed by atoms with Gasteiger partial charge in [-0.2, -0.15) is 13.2 Å². The lowest BCUT2D eigenvalue weighted by atomic mass is 10.1. The van der Waals surface area contributed by atoms with Gasteiger partial charge in [-0.15, -0.1) is 0 Å². The summed E-state index contributed by atoms with van der Waals surface area (Å²) in [5.41, 5.74) is -0.465. The Bertz CT molecular complexity index is 599. The molecule has 0 fully saturated rings. The number of benzene rings is 1. The van der Waals surface area contributed by atoms with Gasteiger partial charge < -0.3 is 5.32 Å². The largest absolute Gasteiger partial charge is 0.433 e. The van der Waals surface area contributed by atoms with Crippen LogP contribution in [0.3, 0.4) is 0 Å². The summed E-state index contributed by atoms with van der Waals surface area (Å²) < 4.78 is 38.2. The highest BCUT2D eigenvalue weighted by Gasteiger charge is 2.33. The average Bonchev–Trinajstić information content (AvgIpc) is 2.37. The third-order valence-corrected chi connectivity index (χ3v) is 2.72. The highest BCUT2D eigenvalue weighted by Crippen LogP contribution is 2.33. The summed E-state index contributed by atoms with van der Waals surface area (Å²) >= 11 is 5.96. The first-order chi connectivity index (χ1) is 8.91. The molecule has 1 aromatic heterocycles. The molecule has 100 valence electrons. The topological polar surface area (TPSA) is 37.8 Å². The number of alkyl halides is 3. The van der Waals surface area contributed by atoms with Gasteiger partial charge in [-0.1, -0.05) is 29.8 Å². The summed E-state index contributed by atoms with van der Waals surface area (Å²) in [7, 11) is 1.45. The number of nitrogens with zero attached hydrogens (tertiary/aromatic N) is 2. The molecule has 1 heterocycles. The number of anilines is 1. The lowest BCUT2D eigenvalue weighted by Gasteiger charge is -2.11. The first-order valence-electron chi connectivity index (χ1n) is 5.31. The van der Waals surface area contributed by atoms with Crippen LogP contribution in [0.15, 0.2) is 30.3 Å². The Kier molecular flexibility index (Phi) is 3.61. The molecule has 0 unspecified atom stereocenters. The molecule has 7 heteroatoms. The van der Waals surface area contributed by atoms with Crippen molar-refractivity contribution < 1.29 is 13.2 Å². The Morgan fingerprint density at radius 3 is 2.42 bits per heavy atom. The van der Waals surface area contributed by atoms with E-state index < -0.39 is 11.9 Å². The zero-order valence-corrected chi connectivity index (χ0v) is 10.5. The van der Waals surface area contributed by atoms with E-state index in [2.05, 4.69) is 15.3 Å². The summed E-state index contributed by atoms with van der Waals surface area (Å²) in [4.78, 5) is 7.38. The lowest BCUT2D eigenvalue weighted by molar-refractivity contribution is -0.141. The standard InChI is InChI=1S/C12H9ClF3N3/c1-17-11-18-9(6-10(19-11)12(14,15)16)7-4-2-3-5-8(7)13/h2-6H,1H3,(H,17,18,19). The molecule has 0 spiro atoms. The molecule has 0 bridgehead atoms.